The predicted molar refractivity (Wildman–Crippen MR) is 485 cm³/mol. The lowest BCUT2D eigenvalue weighted by molar-refractivity contribution is 0.488. The van der Waals surface area contributed by atoms with Crippen LogP contribution >= 0.6 is 34.0 Å². The fourth-order valence-electron chi connectivity index (χ4n) is 18.9. The predicted octanol–water partition coefficient (Wildman–Crippen LogP) is 25.6. The summed E-state index contributed by atoms with van der Waals surface area (Å²) in [4.78, 5) is 12.8. The molecule has 11 heteroatoms. The molecular formula is C102H63B2N5OS3. The quantitative estimate of drug-likeness (QED) is 0.120. The Bertz CT molecular complexity index is 7240. The maximum absolute atomic E-state index is 8.23. The summed E-state index contributed by atoms with van der Waals surface area (Å²) in [7, 11) is 0. The summed E-state index contributed by atoms with van der Waals surface area (Å²) < 4.78 is 15.7. The number of hydrogen-bond acceptors (Lipinski definition) is 9. The van der Waals surface area contributed by atoms with Crippen molar-refractivity contribution in [1.82, 2.24) is 0 Å². The van der Waals surface area contributed by atoms with Gasteiger partial charge in [-0.05, 0) is 147 Å². The molecule has 0 amide bonds. The van der Waals surface area contributed by atoms with Crippen LogP contribution in [0.1, 0.15) is 0 Å². The molecule has 0 N–H and O–H groups in total. The molecule has 4 aliphatic rings. The van der Waals surface area contributed by atoms with E-state index in [-0.39, 0.29) is 13.4 Å². The highest BCUT2D eigenvalue weighted by molar-refractivity contribution is 7.27. The fraction of sp³-hybridized carbons (Fsp3) is 0. The van der Waals surface area contributed by atoms with Crippen molar-refractivity contribution in [3.8, 4) is 33.8 Å². The molecule has 0 bridgehead atoms. The van der Waals surface area contributed by atoms with Crippen LogP contribution < -0.4 is 62.0 Å². The number of hydrogen-bond donors (Lipinski definition) is 0. The van der Waals surface area contributed by atoms with Gasteiger partial charge in [0.2, 0.25) is 0 Å². The molecule has 4 aliphatic heterocycles. The zero-order chi connectivity index (χ0) is 73.9. The third kappa shape index (κ3) is 9.79. The molecule has 0 unspecified atom stereocenters. The highest BCUT2D eigenvalue weighted by atomic mass is 32.1. The standard InChI is InChI=1S/C102H63B2N5OS3/c1-6-30-64(31-7-1)71-43-26-44-72(65-32-8-2-9-33-65)99(71)106(67-36-12-4-13-37-67)70-60-91-98-93(61-70)110-92-63-88-81(62-82(92)104(98)80-49-20-22-51-84(80)108(91)86-53-28-46-77-74-41-17-24-56-95(74)112-101(77)86)103-79-48-19-21-50-83(79)107(68-38-14-5-15-39-68)89-58-69(59-90(97(89)103)109(88)87-54-29-47-78-75-42-18-25-57-96(75)113-102(78)87)105(66-34-10-3-11-35-66)85-52-27-45-76-73-40-16-23-55-94(73)111-100(76)85/h1-63H. The van der Waals surface area contributed by atoms with Gasteiger partial charge in [-0.15, -0.1) is 34.0 Å². The van der Waals surface area contributed by atoms with E-state index in [9.17, 15) is 0 Å². The normalized spacial score (nSPS) is 12.9. The smallest absolute Gasteiger partial charge is 0.256 e. The van der Waals surface area contributed by atoms with Gasteiger partial charge in [-0.3, -0.25) is 0 Å². The van der Waals surface area contributed by atoms with Crippen molar-refractivity contribution in [2.45, 2.75) is 0 Å². The number of nitrogens with zero attached hydrogens (tertiary/aromatic N) is 5. The van der Waals surface area contributed by atoms with Crippen LogP contribution in [0, 0.1) is 0 Å². The van der Waals surface area contributed by atoms with E-state index in [1.807, 2.05) is 34.0 Å². The minimum Gasteiger partial charge on any atom is -0.458 e. The van der Waals surface area contributed by atoms with Crippen molar-refractivity contribution >= 4 is 226 Å². The summed E-state index contributed by atoms with van der Waals surface area (Å²) in [6.45, 7) is -0.524. The van der Waals surface area contributed by atoms with Gasteiger partial charge >= 0.3 is 0 Å². The topological polar surface area (TPSA) is 25.4 Å². The van der Waals surface area contributed by atoms with Crippen LogP contribution in [-0.2, 0) is 0 Å². The van der Waals surface area contributed by atoms with Gasteiger partial charge in [0.25, 0.3) is 13.4 Å². The van der Waals surface area contributed by atoms with Gasteiger partial charge in [0.15, 0.2) is 0 Å². The SMILES string of the molecule is c1ccc(-c2cccc(-c3ccccc3)c2N(c2ccccc2)c2cc3c4c(c2)N(c2cccc5c2sc2ccccc25)c2ccccc2B4c2cc4c(cc2O3)N(c2cccc3c2sc2ccccc23)c2cc(N(c3ccccc3)c3cccc5c3sc3ccccc35)cc3c2B4c2ccccc2N3c2ccccc2)cc1. The van der Waals surface area contributed by atoms with Gasteiger partial charge in [0.1, 0.15) is 11.5 Å². The first-order valence-electron chi connectivity index (χ1n) is 38.6. The first-order valence-corrected chi connectivity index (χ1v) is 41.0. The molecule has 0 radical (unpaired) electrons. The van der Waals surface area contributed by atoms with Crippen molar-refractivity contribution in [2.75, 3.05) is 24.5 Å². The molecule has 113 heavy (non-hydrogen) atoms. The van der Waals surface area contributed by atoms with E-state index in [0.29, 0.717) is 0 Å². The molecule has 0 spiro atoms. The van der Waals surface area contributed by atoms with Gasteiger partial charge in [0.05, 0.1) is 48.2 Å². The van der Waals surface area contributed by atoms with Gasteiger partial charge in [0, 0.05) is 121 Å². The molecule has 526 valence electrons. The minimum atomic E-state index is -0.280. The second kappa shape index (κ2) is 25.4. The summed E-state index contributed by atoms with van der Waals surface area (Å²) >= 11 is 5.61. The van der Waals surface area contributed by atoms with Gasteiger partial charge in [-0.25, -0.2) is 0 Å². The summed E-state index contributed by atoms with van der Waals surface area (Å²) in [5, 5.41) is 7.46. The number of fused-ring (bicyclic) bond motifs is 17. The summed E-state index contributed by atoms with van der Waals surface area (Å²) in [5.41, 5.74) is 27.7. The highest BCUT2D eigenvalue weighted by Crippen LogP contribution is 2.56. The Morgan fingerprint density at radius 3 is 1.23 bits per heavy atom. The van der Waals surface area contributed by atoms with Gasteiger partial charge in [-0.2, -0.15) is 0 Å². The van der Waals surface area contributed by atoms with E-state index in [2.05, 4.69) is 407 Å². The number of ether oxygens (including phenoxy) is 1. The Labute approximate surface area is 666 Å². The van der Waals surface area contributed by atoms with E-state index in [4.69, 9.17) is 4.74 Å². The third-order valence-electron chi connectivity index (χ3n) is 23.6. The molecule has 0 saturated heterocycles. The van der Waals surface area contributed by atoms with Crippen molar-refractivity contribution in [2.24, 2.45) is 0 Å². The Hall–Kier alpha value is -13.7. The maximum atomic E-state index is 8.23. The number of para-hydroxylation sites is 6. The van der Waals surface area contributed by atoms with Crippen LogP contribution in [0.3, 0.4) is 0 Å². The van der Waals surface area contributed by atoms with E-state index >= 15 is 0 Å². The largest absolute Gasteiger partial charge is 0.458 e. The second-order valence-corrected chi connectivity index (χ2v) is 32.8. The van der Waals surface area contributed by atoms with Crippen molar-refractivity contribution in [1.29, 1.82) is 0 Å². The number of rotatable bonds is 11. The molecule has 7 heterocycles. The van der Waals surface area contributed by atoms with Crippen molar-refractivity contribution in [3.05, 3.63) is 382 Å². The van der Waals surface area contributed by atoms with Crippen LogP contribution in [-0.4, -0.2) is 13.4 Å². The number of anilines is 15. The molecular weight excluding hydrogens is 1430 g/mol. The lowest BCUT2D eigenvalue weighted by atomic mass is 9.30. The average molecular weight is 1490 g/mol. The van der Waals surface area contributed by atoms with E-state index in [1.54, 1.807) is 0 Å². The van der Waals surface area contributed by atoms with Gasteiger partial charge < -0.3 is 29.2 Å². The first-order chi connectivity index (χ1) is 56.1. The monoisotopic (exact) mass is 1490 g/mol. The van der Waals surface area contributed by atoms with Crippen molar-refractivity contribution < 1.29 is 4.74 Å². The molecule has 0 saturated carbocycles. The maximum Gasteiger partial charge on any atom is 0.256 e. The van der Waals surface area contributed by atoms with Crippen LogP contribution in [0.25, 0.3) is 82.8 Å². The van der Waals surface area contributed by atoms with Crippen molar-refractivity contribution in [3.63, 3.8) is 0 Å². The highest BCUT2D eigenvalue weighted by Gasteiger charge is 2.49. The number of benzene rings is 17. The second-order valence-electron chi connectivity index (χ2n) is 29.7. The summed E-state index contributed by atoms with van der Waals surface area (Å²) in [5.74, 6) is 1.61. The minimum absolute atomic E-state index is 0.244. The molecule has 0 atom stereocenters. The molecule has 0 fully saturated rings. The Morgan fingerprint density at radius 2 is 0.655 bits per heavy atom. The zero-order valence-electron chi connectivity index (χ0n) is 60.9. The summed E-state index contributed by atoms with van der Waals surface area (Å²) in [6.07, 6.45) is 0. The van der Waals surface area contributed by atoms with Gasteiger partial charge in [-0.1, -0.05) is 267 Å². The first kappa shape index (κ1) is 64.2. The Kier molecular flexibility index (Phi) is 14.5. The summed E-state index contributed by atoms with van der Waals surface area (Å²) in [6, 6.07) is 142. The fourth-order valence-corrected chi connectivity index (χ4v) is 22.6. The Balaban J connectivity index is 0.808. The lowest BCUT2D eigenvalue weighted by Crippen LogP contribution is -2.64. The van der Waals surface area contributed by atoms with Crippen LogP contribution in [0.15, 0.2) is 382 Å². The molecule has 17 aromatic carbocycles. The zero-order valence-corrected chi connectivity index (χ0v) is 63.3. The molecule has 3 aromatic heterocycles. The third-order valence-corrected chi connectivity index (χ3v) is 27.2. The number of thiophene rings is 3. The Morgan fingerprint density at radius 1 is 0.248 bits per heavy atom. The van der Waals surface area contributed by atoms with Crippen LogP contribution in [0.2, 0.25) is 0 Å². The molecule has 0 aliphatic carbocycles. The molecule has 6 nitrogen and oxygen atoms in total. The lowest BCUT2D eigenvalue weighted by Gasteiger charge is -2.46. The van der Waals surface area contributed by atoms with Crippen LogP contribution in [0.5, 0.6) is 11.5 Å². The van der Waals surface area contributed by atoms with E-state index in [1.165, 1.54) is 82.4 Å². The van der Waals surface area contributed by atoms with E-state index in [0.717, 1.165) is 130 Å². The van der Waals surface area contributed by atoms with E-state index < -0.39 is 0 Å². The molecule has 24 rings (SSSR count). The average Bonchev–Trinajstić information content (AvgIpc) is 0.972. The molecule has 20 aromatic rings. The van der Waals surface area contributed by atoms with Crippen LogP contribution in [0.4, 0.5) is 85.3 Å².